The number of aromatic nitrogens is 3. The first-order chi connectivity index (χ1) is 17.0. The van der Waals surface area contributed by atoms with Gasteiger partial charge in [0.2, 0.25) is 5.91 Å². The highest BCUT2D eigenvalue weighted by atomic mass is 35.5. The molecule has 3 aromatic carbocycles. The van der Waals surface area contributed by atoms with Crippen molar-refractivity contribution in [1.82, 2.24) is 14.8 Å². The van der Waals surface area contributed by atoms with Crippen LogP contribution in [0, 0.1) is 6.92 Å². The molecular formula is C26H26ClN5O2S. The Kier molecular flexibility index (Phi) is 8.28. The molecule has 4 rings (SSSR count). The molecule has 35 heavy (non-hydrogen) atoms. The van der Waals surface area contributed by atoms with Gasteiger partial charge < -0.3 is 15.4 Å². The molecule has 1 aromatic heterocycles. The predicted octanol–water partition coefficient (Wildman–Crippen LogP) is 5.97. The van der Waals surface area contributed by atoms with Crippen LogP contribution in [0.4, 0.5) is 11.4 Å². The van der Waals surface area contributed by atoms with Gasteiger partial charge in [0.25, 0.3) is 0 Å². The Morgan fingerprint density at radius 1 is 0.971 bits per heavy atom. The van der Waals surface area contributed by atoms with Gasteiger partial charge in [-0.15, -0.1) is 10.2 Å². The zero-order chi connectivity index (χ0) is 24.6. The van der Waals surface area contributed by atoms with Gasteiger partial charge in [-0.2, -0.15) is 0 Å². The lowest BCUT2D eigenvalue weighted by molar-refractivity contribution is -0.113. The van der Waals surface area contributed by atoms with Crippen LogP contribution >= 0.6 is 23.4 Å². The topological polar surface area (TPSA) is 81.1 Å². The standard InChI is InChI=1S/C26H26ClN5O2S/c1-3-34-23-14-10-20(11-15-23)28-16-24-30-31-26(32(24)22-12-4-18(2)5-13-22)35-17-25(33)29-21-8-6-19(27)7-9-21/h4-15,28H,3,16-17H2,1-2H3,(H,29,33). The van der Waals surface area contributed by atoms with E-state index >= 15 is 0 Å². The van der Waals surface area contributed by atoms with E-state index in [2.05, 4.69) is 20.8 Å². The van der Waals surface area contributed by atoms with Crippen molar-refractivity contribution in [2.75, 3.05) is 23.0 Å². The Hall–Kier alpha value is -3.49. The summed E-state index contributed by atoms with van der Waals surface area (Å²) < 4.78 is 7.48. The van der Waals surface area contributed by atoms with Gasteiger partial charge in [0.05, 0.1) is 18.9 Å². The second-order valence-corrected chi connectivity index (χ2v) is 9.10. The number of nitrogens with one attached hydrogen (secondary N) is 2. The fraction of sp³-hybridized carbons (Fsp3) is 0.192. The summed E-state index contributed by atoms with van der Waals surface area (Å²) in [4.78, 5) is 12.5. The molecule has 0 saturated heterocycles. The second-order valence-electron chi connectivity index (χ2n) is 7.72. The summed E-state index contributed by atoms with van der Waals surface area (Å²) in [6, 6.07) is 22.9. The highest BCUT2D eigenvalue weighted by Gasteiger charge is 2.16. The highest BCUT2D eigenvalue weighted by molar-refractivity contribution is 7.99. The molecule has 0 bridgehead atoms. The Morgan fingerprint density at radius 3 is 2.34 bits per heavy atom. The third-order valence-electron chi connectivity index (χ3n) is 5.07. The molecule has 0 saturated carbocycles. The predicted molar refractivity (Wildman–Crippen MR) is 142 cm³/mol. The lowest BCUT2D eigenvalue weighted by Crippen LogP contribution is -2.14. The van der Waals surface area contributed by atoms with Crippen LogP contribution in [0.25, 0.3) is 5.69 Å². The molecule has 2 N–H and O–H groups in total. The van der Waals surface area contributed by atoms with Gasteiger partial charge in [-0.3, -0.25) is 9.36 Å². The maximum Gasteiger partial charge on any atom is 0.234 e. The Bertz CT molecular complexity index is 1260. The quantitative estimate of drug-likeness (QED) is 0.257. The molecule has 0 spiro atoms. The van der Waals surface area contributed by atoms with E-state index in [0.29, 0.717) is 29.0 Å². The third-order valence-corrected chi connectivity index (χ3v) is 6.25. The number of hydrogen-bond acceptors (Lipinski definition) is 6. The van der Waals surface area contributed by atoms with Crippen LogP contribution in [-0.4, -0.2) is 33.0 Å². The van der Waals surface area contributed by atoms with Crippen molar-refractivity contribution >= 4 is 40.6 Å². The molecule has 0 unspecified atom stereocenters. The van der Waals surface area contributed by atoms with Gasteiger partial charge >= 0.3 is 0 Å². The number of thioether (sulfide) groups is 1. The van der Waals surface area contributed by atoms with Crippen LogP contribution in [0.15, 0.2) is 78.0 Å². The molecule has 0 atom stereocenters. The minimum Gasteiger partial charge on any atom is -0.494 e. The van der Waals surface area contributed by atoms with Crippen molar-refractivity contribution in [3.8, 4) is 11.4 Å². The number of carbonyl (C=O) groups excluding carboxylic acids is 1. The number of ether oxygens (including phenoxy) is 1. The van der Waals surface area contributed by atoms with E-state index < -0.39 is 0 Å². The molecule has 0 fully saturated rings. The van der Waals surface area contributed by atoms with Crippen LogP contribution in [0.1, 0.15) is 18.3 Å². The number of halogens is 1. The van der Waals surface area contributed by atoms with Crippen LogP contribution in [0.3, 0.4) is 0 Å². The smallest absolute Gasteiger partial charge is 0.234 e. The number of anilines is 2. The first-order valence-electron chi connectivity index (χ1n) is 11.2. The molecular weight excluding hydrogens is 482 g/mol. The summed E-state index contributed by atoms with van der Waals surface area (Å²) in [7, 11) is 0. The number of hydrogen-bond donors (Lipinski definition) is 2. The molecule has 1 heterocycles. The number of aryl methyl sites for hydroxylation is 1. The van der Waals surface area contributed by atoms with Gasteiger partial charge in [0.1, 0.15) is 5.75 Å². The molecule has 0 aliphatic carbocycles. The average Bonchev–Trinajstić information content (AvgIpc) is 3.27. The Labute approximate surface area is 213 Å². The summed E-state index contributed by atoms with van der Waals surface area (Å²) in [5.41, 5.74) is 3.74. The van der Waals surface area contributed by atoms with Crippen molar-refractivity contribution < 1.29 is 9.53 Å². The van der Waals surface area contributed by atoms with Crippen molar-refractivity contribution in [1.29, 1.82) is 0 Å². The number of rotatable bonds is 10. The zero-order valence-electron chi connectivity index (χ0n) is 19.5. The zero-order valence-corrected chi connectivity index (χ0v) is 21.1. The number of nitrogens with zero attached hydrogens (tertiary/aromatic N) is 3. The fourth-order valence-corrected chi connectivity index (χ4v) is 4.24. The maximum atomic E-state index is 12.5. The molecule has 0 aliphatic heterocycles. The Morgan fingerprint density at radius 2 is 1.66 bits per heavy atom. The molecule has 0 aliphatic rings. The molecule has 0 radical (unpaired) electrons. The number of amides is 1. The molecule has 9 heteroatoms. The largest absolute Gasteiger partial charge is 0.494 e. The lowest BCUT2D eigenvalue weighted by Gasteiger charge is -2.12. The number of benzene rings is 3. The van der Waals surface area contributed by atoms with Crippen molar-refractivity contribution in [2.24, 2.45) is 0 Å². The summed E-state index contributed by atoms with van der Waals surface area (Å²) in [5, 5.41) is 16.3. The second kappa shape index (κ2) is 11.8. The normalized spacial score (nSPS) is 10.7. The first-order valence-corrected chi connectivity index (χ1v) is 12.5. The van der Waals surface area contributed by atoms with Gasteiger partial charge in [-0.05, 0) is 74.5 Å². The van der Waals surface area contributed by atoms with Crippen molar-refractivity contribution in [3.63, 3.8) is 0 Å². The molecule has 1 amide bonds. The van der Waals surface area contributed by atoms with E-state index in [1.54, 1.807) is 24.3 Å². The number of carbonyl (C=O) groups is 1. The Balaban J connectivity index is 1.48. The minimum absolute atomic E-state index is 0.134. The SMILES string of the molecule is CCOc1ccc(NCc2nnc(SCC(=O)Nc3ccc(Cl)cc3)n2-c2ccc(C)cc2)cc1. The van der Waals surface area contributed by atoms with E-state index in [1.807, 2.05) is 66.9 Å². The average molecular weight is 508 g/mol. The van der Waals surface area contributed by atoms with Gasteiger partial charge in [0.15, 0.2) is 11.0 Å². The fourth-order valence-electron chi connectivity index (χ4n) is 3.34. The van der Waals surface area contributed by atoms with Crippen LogP contribution < -0.4 is 15.4 Å². The molecule has 180 valence electrons. The van der Waals surface area contributed by atoms with Gasteiger partial charge in [0, 0.05) is 22.1 Å². The van der Waals surface area contributed by atoms with E-state index in [1.165, 1.54) is 11.8 Å². The van der Waals surface area contributed by atoms with Crippen LogP contribution in [0.2, 0.25) is 5.02 Å². The summed E-state index contributed by atoms with van der Waals surface area (Å²) >= 11 is 7.25. The van der Waals surface area contributed by atoms with E-state index in [-0.39, 0.29) is 11.7 Å². The highest BCUT2D eigenvalue weighted by Crippen LogP contribution is 2.24. The summed E-state index contributed by atoms with van der Waals surface area (Å²) in [5.74, 6) is 1.63. The van der Waals surface area contributed by atoms with Crippen LogP contribution in [-0.2, 0) is 11.3 Å². The molecule has 4 aromatic rings. The van der Waals surface area contributed by atoms with Crippen molar-refractivity contribution in [3.05, 3.63) is 89.2 Å². The minimum atomic E-state index is -0.134. The van der Waals surface area contributed by atoms with E-state index in [9.17, 15) is 4.79 Å². The van der Waals surface area contributed by atoms with Crippen LogP contribution in [0.5, 0.6) is 5.75 Å². The summed E-state index contributed by atoms with van der Waals surface area (Å²) in [6.45, 7) is 5.10. The summed E-state index contributed by atoms with van der Waals surface area (Å²) in [6.07, 6.45) is 0. The maximum absolute atomic E-state index is 12.5. The first kappa shape index (κ1) is 24.6. The van der Waals surface area contributed by atoms with Crippen molar-refractivity contribution in [2.45, 2.75) is 25.5 Å². The van der Waals surface area contributed by atoms with E-state index in [4.69, 9.17) is 16.3 Å². The molecule has 7 nitrogen and oxygen atoms in total. The monoisotopic (exact) mass is 507 g/mol. The van der Waals surface area contributed by atoms with E-state index in [0.717, 1.165) is 28.5 Å². The third kappa shape index (κ3) is 6.77. The van der Waals surface area contributed by atoms with Gasteiger partial charge in [-0.25, -0.2) is 0 Å². The lowest BCUT2D eigenvalue weighted by atomic mass is 10.2. The van der Waals surface area contributed by atoms with Gasteiger partial charge in [-0.1, -0.05) is 41.1 Å².